The van der Waals surface area contributed by atoms with E-state index in [1.54, 1.807) is 19.1 Å². The van der Waals surface area contributed by atoms with E-state index in [9.17, 15) is 8.78 Å². The van der Waals surface area contributed by atoms with Crippen LogP contribution in [0.15, 0.2) is 36.4 Å². The smallest absolute Gasteiger partial charge is 0.124 e. The van der Waals surface area contributed by atoms with E-state index < -0.39 is 0 Å². The zero-order valence-corrected chi connectivity index (χ0v) is 8.22. The monoisotopic (exact) mass is 203 g/mol. The van der Waals surface area contributed by atoms with Crippen LogP contribution in [0.1, 0.15) is 5.56 Å². The molecule has 0 aliphatic heterocycles. The average Bonchev–Trinajstić information content (AvgIpc) is 2.17. The molecular formula is C13H9F2. The molecule has 0 unspecified atom stereocenters. The van der Waals surface area contributed by atoms with Crippen LogP contribution in [-0.2, 0) is 0 Å². The average molecular weight is 203 g/mol. The van der Waals surface area contributed by atoms with Gasteiger partial charge in [-0.05, 0) is 53.9 Å². The third-order valence-electron chi connectivity index (χ3n) is 2.12. The first-order valence-electron chi connectivity index (χ1n) is 4.60. The largest absolute Gasteiger partial charge is 0.207 e. The molecule has 0 fully saturated rings. The minimum atomic E-state index is -0.300. The van der Waals surface area contributed by atoms with E-state index in [0.29, 0.717) is 5.56 Å². The van der Waals surface area contributed by atoms with Crippen molar-refractivity contribution in [2.75, 3.05) is 0 Å². The molecular weight excluding hydrogens is 194 g/mol. The Labute approximate surface area is 87.2 Å². The minimum absolute atomic E-state index is 0.299. The Kier molecular flexibility index (Phi) is 2.50. The SMILES string of the molecule is Cc1[c]c(-c2ccc(F)cc2)cc(F)c1. The molecule has 1 radical (unpaired) electrons. The maximum absolute atomic E-state index is 13.1. The highest BCUT2D eigenvalue weighted by Gasteiger charge is 2.01. The van der Waals surface area contributed by atoms with Gasteiger partial charge in [0.25, 0.3) is 0 Å². The van der Waals surface area contributed by atoms with Crippen molar-refractivity contribution in [2.24, 2.45) is 0 Å². The van der Waals surface area contributed by atoms with Crippen LogP contribution >= 0.6 is 0 Å². The quantitative estimate of drug-likeness (QED) is 0.662. The van der Waals surface area contributed by atoms with Crippen LogP contribution in [0.5, 0.6) is 0 Å². The Morgan fingerprint density at radius 3 is 2.20 bits per heavy atom. The fraction of sp³-hybridized carbons (Fsp3) is 0.0769. The number of hydrogen-bond acceptors (Lipinski definition) is 0. The fourth-order valence-corrected chi connectivity index (χ4v) is 1.46. The first-order chi connectivity index (χ1) is 7.15. The number of rotatable bonds is 1. The van der Waals surface area contributed by atoms with Gasteiger partial charge in [0, 0.05) is 0 Å². The van der Waals surface area contributed by atoms with E-state index in [1.807, 2.05) is 0 Å². The zero-order valence-electron chi connectivity index (χ0n) is 8.22. The Balaban J connectivity index is 2.49. The summed E-state index contributed by atoms with van der Waals surface area (Å²) in [6, 6.07) is 11.7. The molecule has 75 valence electrons. The Bertz CT molecular complexity index is 452. The summed E-state index contributed by atoms with van der Waals surface area (Å²) in [5.74, 6) is -0.600. The van der Waals surface area contributed by atoms with E-state index in [0.717, 1.165) is 11.1 Å². The third kappa shape index (κ3) is 2.21. The van der Waals surface area contributed by atoms with Crippen LogP contribution in [0.2, 0.25) is 0 Å². The summed E-state index contributed by atoms with van der Waals surface area (Å²) in [7, 11) is 0. The lowest BCUT2D eigenvalue weighted by Crippen LogP contribution is -1.84. The first-order valence-corrected chi connectivity index (χ1v) is 4.60. The van der Waals surface area contributed by atoms with Crippen molar-refractivity contribution in [3.63, 3.8) is 0 Å². The molecule has 0 N–H and O–H groups in total. The molecule has 0 bridgehead atoms. The molecule has 0 amide bonds. The topological polar surface area (TPSA) is 0 Å². The van der Waals surface area contributed by atoms with Crippen molar-refractivity contribution in [3.05, 3.63) is 59.7 Å². The highest BCUT2D eigenvalue weighted by molar-refractivity contribution is 5.63. The molecule has 0 atom stereocenters. The number of benzene rings is 2. The van der Waals surface area contributed by atoms with E-state index in [4.69, 9.17) is 0 Å². The number of aryl methyl sites for hydroxylation is 1. The first kappa shape index (κ1) is 9.84. The van der Waals surface area contributed by atoms with Crippen molar-refractivity contribution in [3.8, 4) is 11.1 Å². The summed E-state index contributed by atoms with van der Waals surface area (Å²) in [5, 5.41) is 0. The van der Waals surface area contributed by atoms with Gasteiger partial charge in [-0.25, -0.2) is 8.78 Å². The van der Waals surface area contributed by atoms with Crippen molar-refractivity contribution < 1.29 is 8.78 Å². The predicted octanol–water partition coefficient (Wildman–Crippen LogP) is 3.74. The molecule has 0 saturated heterocycles. The van der Waals surface area contributed by atoms with Gasteiger partial charge in [0.15, 0.2) is 0 Å². The second-order valence-corrected chi connectivity index (χ2v) is 3.40. The summed E-state index contributed by atoms with van der Waals surface area (Å²) in [5.41, 5.74) is 2.14. The predicted molar refractivity (Wildman–Crippen MR) is 55.4 cm³/mol. The molecule has 0 aliphatic carbocycles. The van der Waals surface area contributed by atoms with Gasteiger partial charge in [0.05, 0.1) is 0 Å². The van der Waals surface area contributed by atoms with Gasteiger partial charge in [-0.1, -0.05) is 12.1 Å². The molecule has 0 aliphatic rings. The normalized spacial score (nSPS) is 10.3. The van der Waals surface area contributed by atoms with Crippen molar-refractivity contribution in [1.82, 2.24) is 0 Å². The summed E-state index contributed by atoms with van der Waals surface area (Å²) in [6.45, 7) is 1.77. The highest BCUT2D eigenvalue weighted by atomic mass is 19.1. The maximum atomic E-state index is 13.1. The second kappa shape index (κ2) is 3.81. The van der Waals surface area contributed by atoms with Crippen LogP contribution < -0.4 is 0 Å². The van der Waals surface area contributed by atoms with Crippen LogP contribution in [0.3, 0.4) is 0 Å². The van der Waals surface area contributed by atoms with Gasteiger partial charge in [-0.2, -0.15) is 0 Å². The Morgan fingerprint density at radius 2 is 1.60 bits per heavy atom. The van der Waals surface area contributed by atoms with E-state index in [-0.39, 0.29) is 11.6 Å². The second-order valence-electron chi connectivity index (χ2n) is 3.40. The molecule has 15 heavy (non-hydrogen) atoms. The summed E-state index contributed by atoms with van der Waals surface area (Å²) in [4.78, 5) is 0. The molecule has 2 heteroatoms. The van der Waals surface area contributed by atoms with Crippen LogP contribution in [0.25, 0.3) is 11.1 Å². The van der Waals surface area contributed by atoms with Gasteiger partial charge < -0.3 is 0 Å². The molecule has 0 saturated carbocycles. The van der Waals surface area contributed by atoms with Gasteiger partial charge in [-0.15, -0.1) is 0 Å². The van der Waals surface area contributed by atoms with Gasteiger partial charge in [0.1, 0.15) is 11.6 Å². The molecule has 0 nitrogen and oxygen atoms in total. The lowest BCUT2D eigenvalue weighted by atomic mass is 10.0. The van der Waals surface area contributed by atoms with E-state index >= 15 is 0 Å². The Hall–Kier alpha value is -1.70. The standard InChI is InChI=1S/C13H9F2/c1-9-6-11(8-13(15)7-9)10-2-4-12(14)5-3-10/h2-5,7-8H,1H3. The van der Waals surface area contributed by atoms with Gasteiger partial charge in [-0.3, -0.25) is 0 Å². The number of halogens is 2. The molecule has 0 spiro atoms. The molecule has 0 aromatic heterocycles. The van der Waals surface area contributed by atoms with E-state index in [2.05, 4.69) is 6.07 Å². The maximum Gasteiger partial charge on any atom is 0.124 e. The van der Waals surface area contributed by atoms with Crippen molar-refractivity contribution in [2.45, 2.75) is 6.92 Å². The van der Waals surface area contributed by atoms with Crippen LogP contribution in [-0.4, -0.2) is 0 Å². The highest BCUT2D eigenvalue weighted by Crippen LogP contribution is 2.21. The summed E-state index contributed by atoms with van der Waals surface area (Å²) in [6.07, 6.45) is 0. The zero-order chi connectivity index (χ0) is 10.8. The van der Waals surface area contributed by atoms with Gasteiger partial charge in [0.2, 0.25) is 0 Å². The lowest BCUT2D eigenvalue weighted by Gasteiger charge is -2.02. The molecule has 2 rings (SSSR count). The lowest BCUT2D eigenvalue weighted by molar-refractivity contribution is 0.626. The van der Waals surface area contributed by atoms with Crippen molar-refractivity contribution >= 4 is 0 Å². The summed E-state index contributed by atoms with van der Waals surface area (Å²) >= 11 is 0. The van der Waals surface area contributed by atoms with Crippen molar-refractivity contribution in [1.29, 1.82) is 0 Å². The van der Waals surface area contributed by atoms with E-state index in [1.165, 1.54) is 24.3 Å². The molecule has 2 aromatic carbocycles. The summed E-state index contributed by atoms with van der Waals surface area (Å²) < 4.78 is 25.8. The Morgan fingerprint density at radius 1 is 0.933 bits per heavy atom. The molecule has 2 aromatic rings. The molecule has 0 heterocycles. The van der Waals surface area contributed by atoms with Crippen LogP contribution in [0.4, 0.5) is 8.78 Å². The van der Waals surface area contributed by atoms with Crippen LogP contribution in [0, 0.1) is 24.6 Å². The fourth-order valence-electron chi connectivity index (χ4n) is 1.46. The third-order valence-corrected chi connectivity index (χ3v) is 2.12. The number of hydrogen-bond donors (Lipinski definition) is 0. The van der Waals surface area contributed by atoms with Gasteiger partial charge >= 0.3 is 0 Å². The minimum Gasteiger partial charge on any atom is -0.207 e.